The van der Waals surface area contributed by atoms with Gasteiger partial charge in [-0.2, -0.15) is 0 Å². The Bertz CT molecular complexity index is 1120. The first-order valence-corrected chi connectivity index (χ1v) is 10.7. The number of aromatic amines is 1. The lowest BCUT2D eigenvalue weighted by Gasteiger charge is -2.40. The fraction of sp³-hybridized carbons (Fsp3) is 0.391. The Kier molecular flexibility index (Phi) is 5.44. The topological polar surface area (TPSA) is 82.7 Å². The SMILES string of the molecule is CN1CCC(N(C)C(=O)Nc2cc(F)cc3c2OCOC3)CC1c1nc2ccccc2[nH]1. The van der Waals surface area contributed by atoms with Crippen LogP contribution in [-0.2, 0) is 11.3 Å². The number of aromatic nitrogens is 2. The highest BCUT2D eigenvalue weighted by atomic mass is 19.1. The number of nitrogens with one attached hydrogen (secondary N) is 2. The van der Waals surface area contributed by atoms with Crippen molar-refractivity contribution < 1.29 is 18.7 Å². The minimum absolute atomic E-state index is 0.0121. The summed E-state index contributed by atoms with van der Waals surface area (Å²) in [6.45, 7) is 1.16. The number of H-pyrrole nitrogens is 1. The second-order valence-electron chi connectivity index (χ2n) is 8.41. The summed E-state index contributed by atoms with van der Waals surface area (Å²) in [6, 6.07) is 10.4. The van der Waals surface area contributed by atoms with Gasteiger partial charge in [-0.3, -0.25) is 4.90 Å². The van der Waals surface area contributed by atoms with Crippen LogP contribution in [0.2, 0.25) is 0 Å². The summed E-state index contributed by atoms with van der Waals surface area (Å²) in [7, 11) is 3.85. The van der Waals surface area contributed by atoms with Crippen LogP contribution in [0.1, 0.15) is 30.3 Å². The standard InChI is InChI=1S/C23H26FN5O3/c1-28-8-7-16(11-20(28)22-25-17-5-3-4-6-18(17)26-22)29(2)23(30)27-19-10-15(24)9-14-12-31-13-32-21(14)19/h3-6,9-10,16,20H,7-8,11-13H2,1-2H3,(H,25,26)(H,27,30). The Morgan fingerprint density at radius 3 is 3.03 bits per heavy atom. The Hall–Kier alpha value is -3.17. The molecule has 0 spiro atoms. The van der Waals surface area contributed by atoms with E-state index in [0.29, 0.717) is 17.0 Å². The van der Waals surface area contributed by atoms with E-state index in [1.807, 2.05) is 24.3 Å². The van der Waals surface area contributed by atoms with Gasteiger partial charge in [0.05, 0.1) is 29.4 Å². The second kappa shape index (κ2) is 8.40. The Labute approximate surface area is 185 Å². The van der Waals surface area contributed by atoms with Crippen LogP contribution >= 0.6 is 0 Å². The fourth-order valence-corrected chi connectivity index (χ4v) is 4.51. The van der Waals surface area contributed by atoms with Gasteiger partial charge in [0.25, 0.3) is 0 Å². The fourth-order valence-electron chi connectivity index (χ4n) is 4.51. The van der Waals surface area contributed by atoms with Gasteiger partial charge < -0.3 is 24.7 Å². The van der Waals surface area contributed by atoms with E-state index >= 15 is 0 Å². The van der Waals surface area contributed by atoms with Gasteiger partial charge in [-0.15, -0.1) is 0 Å². The summed E-state index contributed by atoms with van der Waals surface area (Å²) in [5.41, 5.74) is 2.84. The predicted octanol–water partition coefficient (Wildman–Crippen LogP) is 3.87. The molecule has 32 heavy (non-hydrogen) atoms. The molecule has 9 heteroatoms. The van der Waals surface area contributed by atoms with E-state index in [0.717, 1.165) is 36.2 Å². The lowest BCUT2D eigenvalue weighted by molar-refractivity contribution is -0.0160. The van der Waals surface area contributed by atoms with Crippen molar-refractivity contribution in [1.82, 2.24) is 19.8 Å². The number of ether oxygens (including phenoxy) is 2. The van der Waals surface area contributed by atoms with Crippen molar-refractivity contribution in [3.63, 3.8) is 0 Å². The smallest absolute Gasteiger partial charge is 0.321 e. The van der Waals surface area contributed by atoms with Crippen LogP contribution in [0.5, 0.6) is 5.75 Å². The Morgan fingerprint density at radius 1 is 1.34 bits per heavy atom. The number of likely N-dealkylation sites (tertiary alicyclic amines) is 1. The number of nitrogens with zero attached hydrogens (tertiary/aromatic N) is 3. The maximum atomic E-state index is 14.0. The maximum Gasteiger partial charge on any atom is 0.321 e. The number of rotatable bonds is 3. The average molecular weight is 439 g/mol. The van der Waals surface area contributed by atoms with Gasteiger partial charge in [0.15, 0.2) is 12.5 Å². The average Bonchev–Trinajstić information content (AvgIpc) is 3.23. The number of imidazole rings is 1. The molecule has 0 radical (unpaired) electrons. The molecule has 1 fully saturated rings. The van der Waals surface area contributed by atoms with Crippen molar-refractivity contribution in [1.29, 1.82) is 0 Å². The molecule has 5 rings (SSSR count). The molecule has 0 bridgehead atoms. The van der Waals surface area contributed by atoms with Gasteiger partial charge in [-0.1, -0.05) is 12.1 Å². The first-order chi connectivity index (χ1) is 15.5. The lowest BCUT2D eigenvalue weighted by Crippen LogP contribution is -2.47. The number of para-hydroxylation sites is 2. The predicted molar refractivity (Wildman–Crippen MR) is 118 cm³/mol. The number of amides is 2. The molecule has 0 aliphatic carbocycles. The van der Waals surface area contributed by atoms with Crippen LogP contribution in [0, 0.1) is 5.82 Å². The van der Waals surface area contributed by atoms with Crippen molar-refractivity contribution in [3.8, 4) is 5.75 Å². The molecular weight excluding hydrogens is 413 g/mol. The number of carbonyl (C=O) groups is 1. The van der Waals surface area contributed by atoms with Crippen LogP contribution in [0.15, 0.2) is 36.4 Å². The number of fused-ring (bicyclic) bond motifs is 2. The third-order valence-electron chi connectivity index (χ3n) is 6.35. The molecule has 0 saturated carbocycles. The van der Waals surface area contributed by atoms with Crippen LogP contribution in [-0.4, -0.2) is 59.3 Å². The largest absolute Gasteiger partial charge is 0.465 e. The van der Waals surface area contributed by atoms with Crippen molar-refractivity contribution >= 4 is 22.8 Å². The highest BCUT2D eigenvalue weighted by molar-refractivity contribution is 5.91. The summed E-state index contributed by atoms with van der Waals surface area (Å²) in [5, 5.41) is 2.82. The normalized spacial score (nSPS) is 21.1. The number of urea groups is 1. The number of carbonyl (C=O) groups excluding carboxylic acids is 1. The van der Waals surface area contributed by atoms with E-state index in [-0.39, 0.29) is 31.5 Å². The number of hydrogen-bond donors (Lipinski definition) is 2. The van der Waals surface area contributed by atoms with E-state index in [2.05, 4.69) is 22.2 Å². The van der Waals surface area contributed by atoms with E-state index in [1.165, 1.54) is 12.1 Å². The molecule has 2 aromatic carbocycles. The minimum Gasteiger partial charge on any atom is -0.465 e. The van der Waals surface area contributed by atoms with Gasteiger partial charge in [-0.25, -0.2) is 14.2 Å². The van der Waals surface area contributed by atoms with E-state index in [9.17, 15) is 9.18 Å². The zero-order chi connectivity index (χ0) is 22.2. The van der Waals surface area contributed by atoms with Crippen molar-refractivity contribution in [2.75, 3.05) is 32.7 Å². The second-order valence-corrected chi connectivity index (χ2v) is 8.41. The molecule has 8 nitrogen and oxygen atoms in total. The molecular formula is C23H26FN5O3. The van der Waals surface area contributed by atoms with Crippen molar-refractivity contribution in [2.24, 2.45) is 0 Å². The van der Waals surface area contributed by atoms with Gasteiger partial charge >= 0.3 is 6.03 Å². The number of anilines is 1. The molecule has 2 N–H and O–H groups in total. The molecule has 1 saturated heterocycles. The molecule has 3 heterocycles. The van der Waals surface area contributed by atoms with Crippen molar-refractivity contribution in [2.45, 2.75) is 31.5 Å². The van der Waals surface area contributed by atoms with Gasteiger partial charge in [0.1, 0.15) is 11.6 Å². The first-order valence-electron chi connectivity index (χ1n) is 10.7. The zero-order valence-electron chi connectivity index (χ0n) is 18.1. The van der Waals surface area contributed by atoms with Gasteiger partial charge in [-0.05, 0) is 38.1 Å². The molecule has 2 atom stereocenters. The van der Waals surface area contributed by atoms with Crippen LogP contribution in [0.25, 0.3) is 11.0 Å². The van der Waals surface area contributed by atoms with Gasteiger partial charge in [0, 0.05) is 31.3 Å². The molecule has 1 aromatic heterocycles. The monoisotopic (exact) mass is 439 g/mol. The molecule has 2 amide bonds. The highest BCUT2D eigenvalue weighted by Crippen LogP contribution is 2.35. The van der Waals surface area contributed by atoms with E-state index < -0.39 is 5.82 Å². The van der Waals surface area contributed by atoms with E-state index in [1.54, 1.807) is 11.9 Å². The highest BCUT2D eigenvalue weighted by Gasteiger charge is 2.33. The summed E-state index contributed by atoms with van der Waals surface area (Å²) in [5.74, 6) is 0.919. The molecule has 3 aromatic rings. The first kappa shape index (κ1) is 20.7. The van der Waals surface area contributed by atoms with Crippen LogP contribution in [0.3, 0.4) is 0 Å². The Morgan fingerprint density at radius 2 is 2.19 bits per heavy atom. The molecule has 2 unspecified atom stereocenters. The Balaban J connectivity index is 1.32. The minimum atomic E-state index is -0.444. The number of hydrogen-bond acceptors (Lipinski definition) is 5. The van der Waals surface area contributed by atoms with E-state index in [4.69, 9.17) is 14.5 Å². The summed E-state index contributed by atoms with van der Waals surface area (Å²) < 4.78 is 24.8. The van der Waals surface area contributed by atoms with Gasteiger partial charge in [0.2, 0.25) is 0 Å². The lowest BCUT2D eigenvalue weighted by atomic mass is 9.96. The van der Waals surface area contributed by atoms with Crippen LogP contribution < -0.4 is 10.1 Å². The summed E-state index contributed by atoms with van der Waals surface area (Å²) in [4.78, 5) is 25.2. The van der Waals surface area contributed by atoms with Crippen molar-refractivity contribution in [3.05, 3.63) is 53.6 Å². The number of benzene rings is 2. The third kappa shape index (κ3) is 3.89. The molecule has 2 aliphatic rings. The van der Waals surface area contributed by atoms with Crippen LogP contribution in [0.4, 0.5) is 14.9 Å². The summed E-state index contributed by atoms with van der Waals surface area (Å²) in [6.07, 6.45) is 1.58. The molecule has 168 valence electrons. The molecule has 2 aliphatic heterocycles. The number of piperidine rings is 1. The zero-order valence-corrected chi connectivity index (χ0v) is 18.1. The number of halogens is 1. The summed E-state index contributed by atoms with van der Waals surface area (Å²) >= 11 is 0. The maximum absolute atomic E-state index is 14.0. The quantitative estimate of drug-likeness (QED) is 0.648. The third-order valence-corrected chi connectivity index (χ3v) is 6.35.